The van der Waals surface area contributed by atoms with Gasteiger partial charge in [0.05, 0.1) is 26.2 Å². The smallest absolute Gasteiger partial charge is 0.412 e. The normalized spacial score (nSPS) is 15.3. The fourth-order valence-corrected chi connectivity index (χ4v) is 12.4. The van der Waals surface area contributed by atoms with Crippen molar-refractivity contribution < 1.29 is 93.4 Å². The summed E-state index contributed by atoms with van der Waals surface area (Å²) in [5, 5.41) is 0.749. The van der Waals surface area contributed by atoms with Crippen LogP contribution in [0.2, 0.25) is 17.1 Å². The van der Waals surface area contributed by atoms with Crippen molar-refractivity contribution in [1.29, 1.82) is 0 Å². The molecule has 0 spiro atoms. The number of benzene rings is 3. The minimum Gasteiger partial charge on any atom is -0.412 e. The van der Waals surface area contributed by atoms with Crippen molar-refractivity contribution in [3.8, 4) is 0 Å². The van der Waals surface area contributed by atoms with Crippen molar-refractivity contribution in [2.45, 2.75) is 124 Å². The van der Waals surface area contributed by atoms with E-state index in [4.69, 9.17) is 14.0 Å². The van der Waals surface area contributed by atoms with Gasteiger partial charge in [0.15, 0.2) is 8.32 Å². The number of hydroxylamine groups is 2. The third-order valence-electron chi connectivity index (χ3n) is 11.9. The highest BCUT2D eigenvalue weighted by atomic mass is 28.4. The first-order valence-corrected chi connectivity index (χ1v) is 23.0. The Kier molecular flexibility index (Phi) is 18.0. The number of hydrogen-bond acceptors (Lipinski definition) is 4. The lowest BCUT2D eigenvalue weighted by molar-refractivity contribution is -0.461. The molecule has 0 heterocycles. The molecule has 3 aromatic carbocycles. The number of hydrogen-bond donors (Lipinski definition) is 0. The number of ether oxygens (including phenoxy) is 1. The van der Waals surface area contributed by atoms with Gasteiger partial charge >= 0.3 is 47.6 Å². The summed E-state index contributed by atoms with van der Waals surface area (Å²) in [5.41, 5.74) is -1.06. The molecule has 0 radical (unpaired) electrons. The molecule has 0 aliphatic rings. The maximum absolute atomic E-state index is 15.5. The molecule has 0 aliphatic carbocycles. The predicted molar refractivity (Wildman–Crippen MR) is 219 cm³/mol. The van der Waals surface area contributed by atoms with Gasteiger partial charge in [-0.05, 0) is 39.7 Å². The summed E-state index contributed by atoms with van der Waals surface area (Å²) in [5.74, 6) is -58.8. The summed E-state index contributed by atoms with van der Waals surface area (Å²) in [7, 11) is -2.03. The van der Waals surface area contributed by atoms with E-state index >= 15 is 17.6 Å². The third kappa shape index (κ3) is 10.6. The molecule has 2 atom stereocenters. The Morgan fingerprint density at radius 1 is 0.588 bits per heavy atom. The second-order valence-electron chi connectivity index (χ2n) is 16.7. The van der Waals surface area contributed by atoms with Gasteiger partial charge in [-0.2, -0.15) is 74.6 Å². The molecule has 0 aromatic heterocycles. The molecule has 5 nitrogen and oxygen atoms in total. The van der Waals surface area contributed by atoms with E-state index in [-0.39, 0.29) is 6.61 Å². The zero-order chi connectivity index (χ0) is 52.2. The molecule has 0 bridgehead atoms. The van der Waals surface area contributed by atoms with E-state index < -0.39 is 109 Å². The maximum Gasteiger partial charge on any atom is 0.460 e. The molecule has 3 aromatic rings. The van der Waals surface area contributed by atoms with Crippen LogP contribution < -0.4 is 0 Å². The molecule has 0 fully saturated rings. The third-order valence-corrected chi connectivity index (χ3v) is 17.6. The number of carbonyl (C=O) groups excluding carboxylic acids is 1. The molecule has 0 unspecified atom stereocenters. The van der Waals surface area contributed by atoms with Gasteiger partial charge in [0, 0.05) is 13.5 Å². The molecule has 382 valence electrons. The summed E-state index contributed by atoms with van der Waals surface area (Å²) in [6.07, 6.45) is -9.47. The zero-order valence-electron chi connectivity index (χ0n) is 37.5. The second-order valence-corrected chi connectivity index (χ2v) is 21.7. The summed E-state index contributed by atoms with van der Waals surface area (Å²) in [6, 6.07) is 25.9. The average Bonchev–Trinajstić information content (AvgIpc) is 3.26. The summed E-state index contributed by atoms with van der Waals surface area (Å²) >= 11 is 0. The fraction of sp³-hybridized carbons (Fsp3) is 0.533. The predicted octanol–water partition coefficient (Wildman–Crippen LogP) is 14.1. The van der Waals surface area contributed by atoms with Gasteiger partial charge in [0.2, 0.25) is 5.91 Å². The Labute approximate surface area is 382 Å². The number of carbonyl (C=O) groups is 1. The van der Waals surface area contributed by atoms with Crippen LogP contribution in [0.5, 0.6) is 0 Å². The quantitative estimate of drug-likeness (QED) is 0.0295. The van der Waals surface area contributed by atoms with E-state index in [2.05, 4.69) is 0 Å². The molecule has 68 heavy (non-hydrogen) atoms. The Morgan fingerprint density at radius 3 is 1.31 bits per heavy atom. The first-order chi connectivity index (χ1) is 31.0. The topological polar surface area (TPSA) is 48.0 Å². The van der Waals surface area contributed by atoms with Crippen molar-refractivity contribution in [3.63, 3.8) is 0 Å². The fourth-order valence-electron chi connectivity index (χ4n) is 7.64. The minimum absolute atomic E-state index is 0.155. The van der Waals surface area contributed by atoms with Crippen LogP contribution in [0.4, 0.5) is 74.6 Å². The number of nitrogens with zero attached hydrogens (tertiary/aromatic N) is 1. The second kappa shape index (κ2) is 21.0. The lowest BCUT2D eigenvalue weighted by atomic mass is 9.80. The van der Waals surface area contributed by atoms with Crippen molar-refractivity contribution in [1.82, 2.24) is 5.06 Å². The van der Waals surface area contributed by atoms with Gasteiger partial charge < -0.3 is 9.16 Å². The molecule has 1 amide bonds. The Morgan fingerprint density at radius 2 is 0.956 bits per heavy atom. The van der Waals surface area contributed by atoms with Crippen molar-refractivity contribution >= 4 is 14.2 Å². The molecule has 0 N–H and O–H groups in total. The number of alkyl halides is 17. The van der Waals surface area contributed by atoms with E-state index in [9.17, 15) is 61.9 Å². The van der Waals surface area contributed by atoms with Crippen LogP contribution in [0.15, 0.2) is 103 Å². The summed E-state index contributed by atoms with van der Waals surface area (Å²) in [4.78, 5) is 18.2. The molecule has 0 saturated carbocycles. The largest absolute Gasteiger partial charge is 0.460 e. The number of amides is 1. The molecule has 23 heteroatoms. The molecular weight excluding hydrogens is 970 g/mol. The standard InChI is InChI=1S/C45H50F17NO4Si/c1-29(2)68(30(3)4,27-25-37(46,47)39(48,49)40(50,51)41(52,53)42(54,55)43(56,57)44(58,59)45(60,61)62)67-35(28-36(64)63(6)65-7)31(5)18-17-26-66-38(32-19-11-8-12-20-32,33-21-13-9-14-22-33)34-23-15-10-16-24-34/h8-24,29-31,35H,25-28H2,1-7H3/b18-17+/t31-,35-/m1/s1. The van der Waals surface area contributed by atoms with Gasteiger partial charge in [-0.1, -0.05) is 138 Å². The maximum atomic E-state index is 15.5. The highest BCUT2D eigenvalue weighted by Gasteiger charge is 2.95. The van der Waals surface area contributed by atoms with E-state index in [1.165, 1.54) is 53.8 Å². The van der Waals surface area contributed by atoms with Gasteiger partial charge in [0.1, 0.15) is 5.60 Å². The van der Waals surface area contributed by atoms with E-state index in [1.807, 2.05) is 36.4 Å². The van der Waals surface area contributed by atoms with Crippen LogP contribution in [0, 0.1) is 5.92 Å². The van der Waals surface area contributed by atoms with Crippen LogP contribution in [0.3, 0.4) is 0 Å². The molecule has 3 rings (SSSR count). The lowest BCUT2D eigenvalue weighted by Crippen LogP contribution is -2.74. The number of halogens is 17. The monoisotopic (exact) mass is 1020 g/mol. The van der Waals surface area contributed by atoms with Gasteiger partial charge in [-0.15, -0.1) is 0 Å². The van der Waals surface area contributed by atoms with Crippen molar-refractivity contribution in [2.24, 2.45) is 5.92 Å². The summed E-state index contributed by atoms with van der Waals surface area (Å²) in [6.45, 7) is 6.61. The van der Waals surface area contributed by atoms with Crippen LogP contribution in [0.1, 0.15) is 64.2 Å². The first-order valence-electron chi connectivity index (χ1n) is 20.7. The van der Waals surface area contributed by atoms with Crippen LogP contribution >= 0.6 is 0 Å². The zero-order valence-corrected chi connectivity index (χ0v) is 38.5. The molecule has 0 aliphatic heterocycles. The van der Waals surface area contributed by atoms with Gasteiger partial charge in [-0.3, -0.25) is 9.63 Å². The number of rotatable bonds is 24. The van der Waals surface area contributed by atoms with E-state index in [0.29, 0.717) is 0 Å². The van der Waals surface area contributed by atoms with Crippen LogP contribution in [0.25, 0.3) is 0 Å². The summed E-state index contributed by atoms with van der Waals surface area (Å²) < 4.78 is 253. The first kappa shape index (κ1) is 58.1. The minimum atomic E-state index is -8.73. The Hall–Kier alpha value is -4.22. The highest BCUT2D eigenvalue weighted by molar-refractivity contribution is 6.76. The Balaban J connectivity index is 2.06. The van der Waals surface area contributed by atoms with Crippen LogP contribution in [-0.4, -0.2) is 93.8 Å². The SMILES string of the molecule is CON(C)C(=O)C[C@@H](O[Si](CCC(F)(F)C(F)(F)C(F)(F)C(F)(F)C(F)(F)C(F)(F)C(F)(F)C(F)(F)F)(C(C)C)C(C)C)[C@H](C)/C=C/COC(c1ccccc1)(c1ccccc1)c1ccccc1. The van der Waals surface area contributed by atoms with Crippen molar-refractivity contribution in [3.05, 3.63) is 120 Å². The lowest BCUT2D eigenvalue weighted by Gasteiger charge is -2.45. The van der Waals surface area contributed by atoms with Crippen molar-refractivity contribution in [2.75, 3.05) is 20.8 Å². The highest BCUT2D eigenvalue weighted by Crippen LogP contribution is 2.64. The van der Waals surface area contributed by atoms with Crippen LogP contribution in [-0.2, 0) is 24.4 Å². The van der Waals surface area contributed by atoms with Gasteiger partial charge in [-0.25, -0.2) is 5.06 Å². The van der Waals surface area contributed by atoms with E-state index in [1.54, 1.807) is 54.6 Å². The van der Waals surface area contributed by atoms with Gasteiger partial charge in [0.25, 0.3) is 0 Å². The van der Waals surface area contributed by atoms with E-state index in [0.717, 1.165) is 28.9 Å². The molecular formula is C45H50F17NO4Si. The average molecular weight is 1020 g/mol. The molecule has 0 saturated heterocycles. The Bertz CT molecular complexity index is 2000.